The second-order valence-electron chi connectivity index (χ2n) is 4.19. The minimum Gasteiger partial charge on any atom is -0.388 e. The van der Waals surface area contributed by atoms with E-state index in [4.69, 9.17) is 0 Å². The standard InChI is InChI=1S/C12H17NO/c1-10(12(14)7-8-12)13-9-11-5-3-2-4-6-11/h2-6,10,13-14H,7-9H2,1H3/t10-/m0/s1. The molecule has 0 unspecified atom stereocenters. The van der Waals surface area contributed by atoms with E-state index in [1.807, 2.05) is 18.2 Å². The number of nitrogens with one attached hydrogen (secondary N) is 1. The summed E-state index contributed by atoms with van der Waals surface area (Å²) in [7, 11) is 0. The van der Waals surface area contributed by atoms with E-state index in [0.29, 0.717) is 0 Å². The van der Waals surface area contributed by atoms with Gasteiger partial charge in [-0.2, -0.15) is 0 Å². The molecule has 0 heterocycles. The van der Waals surface area contributed by atoms with Crippen LogP contribution in [0.5, 0.6) is 0 Å². The number of rotatable bonds is 4. The monoisotopic (exact) mass is 191 g/mol. The molecular formula is C12H17NO. The van der Waals surface area contributed by atoms with E-state index in [9.17, 15) is 5.11 Å². The Morgan fingerprint density at radius 1 is 1.36 bits per heavy atom. The first-order valence-corrected chi connectivity index (χ1v) is 5.20. The summed E-state index contributed by atoms with van der Waals surface area (Å²) in [4.78, 5) is 0. The van der Waals surface area contributed by atoms with Crippen LogP contribution in [0.1, 0.15) is 25.3 Å². The summed E-state index contributed by atoms with van der Waals surface area (Å²) in [5.74, 6) is 0. The molecule has 0 bridgehead atoms. The molecule has 0 amide bonds. The molecule has 1 aromatic rings. The number of benzene rings is 1. The lowest BCUT2D eigenvalue weighted by Gasteiger charge is -2.19. The number of hydrogen-bond donors (Lipinski definition) is 2. The van der Waals surface area contributed by atoms with Gasteiger partial charge in [0.25, 0.3) is 0 Å². The maximum Gasteiger partial charge on any atom is 0.0799 e. The zero-order chi connectivity index (χ0) is 10.0. The molecular weight excluding hydrogens is 174 g/mol. The summed E-state index contributed by atoms with van der Waals surface area (Å²) in [6, 6.07) is 10.5. The fraction of sp³-hybridized carbons (Fsp3) is 0.500. The fourth-order valence-corrected chi connectivity index (χ4v) is 1.62. The number of aliphatic hydroxyl groups is 1. The molecule has 1 saturated carbocycles. The quantitative estimate of drug-likeness (QED) is 0.759. The van der Waals surface area contributed by atoms with Gasteiger partial charge in [0.2, 0.25) is 0 Å². The van der Waals surface area contributed by atoms with Gasteiger partial charge in [-0.1, -0.05) is 30.3 Å². The van der Waals surface area contributed by atoms with Crippen LogP contribution in [0.3, 0.4) is 0 Å². The molecule has 14 heavy (non-hydrogen) atoms. The van der Waals surface area contributed by atoms with Crippen LogP contribution in [0.4, 0.5) is 0 Å². The van der Waals surface area contributed by atoms with E-state index in [2.05, 4.69) is 24.4 Å². The summed E-state index contributed by atoms with van der Waals surface area (Å²) < 4.78 is 0. The SMILES string of the molecule is C[C@H](NCc1ccccc1)C1(O)CC1. The second-order valence-corrected chi connectivity index (χ2v) is 4.19. The Morgan fingerprint density at radius 3 is 2.57 bits per heavy atom. The molecule has 1 aromatic carbocycles. The summed E-state index contributed by atoms with van der Waals surface area (Å²) in [5, 5.41) is 13.2. The van der Waals surface area contributed by atoms with Gasteiger partial charge in [-0.05, 0) is 25.3 Å². The summed E-state index contributed by atoms with van der Waals surface area (Å²) >= 11 is 0. The molecule has 1 aliphatic rings. The molecule has 1 atom stereocenters. The van der Waals surface area contributed by atoms with Gasteiger partial charge in [0.05, 0.1) is 5.60 Å². The molecule has 0 saturated heterocycles. The molecule has 1 aliphatic carbocycles. The molecule has 2 rings (SSSR count). The van der Waals surface area contributed by atoms with Crippen LogP contribution in [-0.2, 0) is 6.54 Å². The van der Waals surface area contributed by atoms with Gasteiger partial charge in [-0.25, -0.2) is 0 Å². The van der Waals surface area contributed by atoms with Crippen molar-refractivity contribution in [2.75, 3.05) is 0 Å². The highest BCUT2D eigenvalue weighted by Gasteiger charge is 2.45. The second kappa shape index (κ2) is 3.71. The molecule has 0 spiro atoms. The minimum absolute atomic E-state index is 0.197. The third-order valence-corrected chi connectivity index (χ3v) is 3.02. The molecule has 76 valence electrons. The predicted octanol–water partition coefficient (Wildman–Crippen LogP) is 1.69. The van der Waals surface area contributed by atoms with Crippen LogP contribution in [0, 0.1) is 0 Å². The van der Waals surface area contributed by atoms with E-state index in [1.165, 1.54) is 5.56 Å². The van der Waals surface area contributed by atoms with E-state index < -0.39 is 5.60 Å². The zero-order valence-corrected chi connectivity index (χ0v) is 8.53. The number of hydrogen-bond acceptors (Lipinski definition) is 2. The van der Waals surface area contributed by atoms with Gasteiger partial charge in [0, 0.05) is 12.6 Å². The summed E-state index contributed by atoms with van der Waals surface area (Å²) in [6.45, 7) is 2.89. The fourth-order valence-electron chi connectivity index (χ4n) is 1.62. The van der Waals surface area contributed by atoms with Crippen molar-refractivity contribution in [3.63, 3.8) is 0 Å². The Hall–Kier alpha value is -0.860. The smallest absolute Gasteiger partial charge is 0.0799 e. The van der Waals surface area contributed by atoms with Crippen molar-refractivity contribution in [3.05, 3.63) is 35.9 Å². The van der Waals surface area contributed by atoms with E-state index in [1.54, 1.807) is 0 Å². The van der Waals surface area contributed by atoms with Crippen LogP contribution in [0.25, 0.3) is 0 Å². The van der Waals surface area contributed by atoms with E-state index >= 15 is 0 Å². The van der Waals surface area contributed by atoms with Gasteiger partial charge >= 0.3 is 0 Å². The molecule has 2 nitrogen and oxygen atoms in total. The van der Waals surface area contributed by atoms with Crippen molar-refractivity contribution in [2.45, 2.75) is 38.0 Å². The topological polar surface area (TPSA) is 32.3 Å². The van der Waals surface area contributed by atoms with Gasteiger partial charge in [-0.3, -0.25) is 0 Å². The van der Waals surface area contributed by atoms with Crippen molar-refractivity contribution in [3.8, 4) is 0 Å². The summed E-state index contributed by atoms with van der Waals surface area (Å²) in [6.07, 6.45) is 1.88. The Kier molecular flexibility index (Phi) is 2.57. The van der Waals surface area contributed by atoms with E-state index in [-0.39, 0.29) is 6.04 Å². The average molecular weight is 191 g/mol. The molecule has 0 radical (unpaired) electrons. The molecule has 0 aromatic heterocycles. The van der Waals surface area contributed by atoms with Gasteiger partial charge in [0.1, 0.15) is 0 Å². The Bertz CT molecular complexity index is 292. The first-order valence-electron chi connectivity index (χ1n) is 5.20. The minimum atomic E-state index is -0.422. The van der Waals surface area contributed by atoms with Crippen molar-refractivity contribution in [2.24, 2.45) is 0 Å². The largest absolute Gasteiger partial charge is 0.388 e. The van der Waals surface area contributed by atoms with Crippen LogP contribution in [-0.4, -0.2) is 16.7 Å². The normalized spacial score (nSPS) is 20.4. The lowest BCUT2D eigenvalue weighted by Crippen LogP contribution is -2.38. The van der Waals surface area contributed by atoms with Crippen LogP contribution in [0.2, 0.25) is 0 Å². The molecule has 0 aliphatic heterocycles. The first-order chi connectivity index (χ1) is 6.71. The lowest BCUT2D eigenvalue weighted by molar-refractivity contribution is 0.109. The zero-order valence-electron chi connectivity index (χ0n) is 8.53. The van der Waals surface area contributed by atoms with Crippen LogP contribution in [0.15, 0.2) is 30.3 Å². The van der Waals surface area contributed by atoms with Crippen molar-refractivity contribution < 1.29 is 5.11 Å². The van der Waals surface area contributed by atoms with Crippen molar-refractivity contribution in [1.82, 2.24) is 5.32 Å². The Labute approximate surface area is 85.0 Å². The highest BCUT2D eigenvalue weighted by molar-refractivity contribution is 5.14. The summed E-state index contributed by atoms with van der Waals surface area (Å²) in [5.41, 5.74) is 0.845. The maximum atomic E-state index is 9.81. The van der Waals surface area contributed by atoms with E-state index in [0.717, 1.165) is 19.4 Å². The van der Waals surface area contributed by atoms with Gasteiger partial charge in [0.15, 0.2) is 0 Å². The Morgan fingerprint density at radius 2 is 2.00 bits per heavy atom. The van der Waals surface area contributed by atoms with Crippen molar-refractivity contribution in [1.29, 1.82) is 0 Å². The van der Waals surface area contributed by atoms with Crippen LogP contribution < -0.4 is 5.32 Å². The molecule has 2 N–H and O–H groups in total. The lowest BCUT2D eigenvalue weighted by atomic mass is 10.1. The average Bonchev–Trinajstić information content (AvgIpc) is 2.96. The van der Waals surface area contributed by atoms with Gasteiger partial charge in [-0.15, -0.1) is 0 Å². The molecule has 1 fully saturated rings. The Balaban J connectivity index is 1.83. The third-order valence-electron chi connectivity index (χ3n) is 3.02. The highest BCUT2D eigenvalue weighted by Crippen LogP contribution is 2.38. The first kappa shape index (κ1) is 9.69. The third kappa shape index (κ3) is 2.14. The van der Waals surface area contributed by atoms with Crippen LogP contribution >= 0.6 is 0 Å². The highest BCUT2D eigenvalue weighted by atomic mass is 16.3. The van der Waals surface area contributed by atoms with Crippen molar-refractivity contribution >= 4 is 0 Å². The maximum absolute atomic E-state index is 9.81. The predicted molar refractivity (Wildman–Crippen MR) is 56.9 cm³/mol. The molecule has 2 heteroatoms. The van der Waals surface area contributed by atoms with Gasteiger partial charge < -0.3 is 10.4 Å².